The average molecular weight is 321 g/mol. The molecule has 1 aromatic rings. The molecule has 6 nitrogen and oxygen atoms in total. The van der Waals surface area contributed by atoms with E-state index in [-0.39, 0.29) is 23.9 Å². The minimum absolute atomic E-state index is 0.102. The smallest absolute Gasteiger partial charge is 0.308 e. The van der Waals surface area contributed by atoms with Crippen LogP contribution < -0.4 is 0 Å². The van der Waals surface area contributed by atoms with Gasteiger partial charge in [-0.05, 0) is 39.5 Å². The zero-order chi connectivity index (χ0) is 17.4. The molecule has 0 bridgehead atoms. The summed E-state index contributed by atoms with van der Waals surface area (Å²) in [5, 5.41) is 13.7. The topological polar surface area (TPSA) is 75.4 Å². The Labute approximate surface area is 137 Å². The lowest BCUT2D eigenvalue weighted by atomic mass is 9.90. The molecule has 6 heteroatoms. The molecule has 23 heavy (non-hydrogen) atoms. The molecule has 2 rings (SSSR count). The number of carboxylic acid groups (broad SMARTS) is 1. The molecule has 1 saturated heterocycles. The summed E-state index contributed by atoms with van der Waals surface area (Å²) in [5.41, 5.74) is 1.32. The first kappa shape index (κ1) is 17.5. The van der Waals surface area contributed by atoms with E-state index < -0.39 is 11.9 Å². The van der Waals surface area contributed by atoms with Crippen molar-refractivity contribution >= 4 is 11.9 Å². The van der Waals surface area contributed by atoms with Crippen molar-refractivity contribution in [2.45, 2.75) is 53.0 Å². The standard InChI is InChI=1S/C17H27N3O3/c1-6-14-13(8-18-20(14)17(3,4)5)15(21)19-9-11(2)7-12(10-19)16(22)23/h8,11-12H,6-7,9-10H2,1-5H3,(H,22,23). The number of likely N-dealkylation sites (tertiary alicyclic amines) is 1. The maximum atomic E-state index is 12.9. The molecule has 2 atom stereocenters. The fourth-order valence-electron chi connectivity index (χ4n) is 3.34. The Hall–Kier alpha value is -1.85. The molecule has 1 aliphatic heterocycles. The summed E-state index contributed by atoms with van der Waals surface area (Å²) in [6.07, 6.45) is 2.96. The first-order valence-corrected chi connectivity index (χ1v) is 8.24. The predicted molar refractivity (Wildman–Crippen MR) is 87.4 cm³/mol. The Kier molecular flexibility index (Phi) is 4.82. The maximum Gasteiger partial charge on any atom is 0.308 e. The van der Waals surface area contributed by atoms with Crippen LogP contribution in [0, 0.1) is 11.8 Å². The lowest BCUT2D eigenvalue weighted by Gasteiger charge is -2.34. The SMILES string of the molecule is CCc1c(C(=O)N2CC(C)CC(C(=O)O)C2)cnn1C(C)(C)C. The highest BCUT2D eigenvalue weighted by Gasteiger charge is 2.34. The lowest BCUT2D eigenvalue weighted by molar-refractivity contribution is -0.143. The van der Waals surface area contributed by atoms with E-state index in [9.17, 15) is 14.7 Å². The number of piperidine rings is 1. The monoisotopic (exact) mass is 321 g/mol. The Bertz CT molecular complexity index is 601. The van der Waals surface area contributed by atoms with E-state index in [0.29, 0.717) is 24.9 Å². The van der Waals surface area contributed by atoms with E-state index in [1.165, 1.54) is 0 Å². The fraction of sp³-hybridized carbons (Fsp3) is 0.706. The molecule has 1 amide bonds. The van der Waals surface area contributed by atoms with Crippen LogP contribution in [0.4, 0.5) is 0 Å². The minimum atomic E-state index is -0.824. The molecule has 2 heterocycles. The summed E-state index contributed by atoms with van der Waals surface area (Å²) >= 11 is 0. The molecule has 0 aliphatic carbocycles. The minimum Gasteiger partial charge on any atom is -0.481 e. The third-order valence-electron chi connectivity index (χ3n) is 4.37. The van der Waals surface area contributed by atoms with Crippen molar-refractivity contribution in [3.05, 3.63) is 17.5 Å². The maximum absolute atomic E-state index is 12.9. The van der Waals surface area contributed by atoms with Crippen LogP contribution in [0.25, 0.3) is 0 Å². The van der Waals surface area contributed by atoms with Crippen LogP contribution in [0.15, 0.2) is 6.20 Å². The molecule has 2 unspecified atom stereocenters. The van der Waals surface area contributed by atoms with Gasteiger partial charge in [-0.3, -0.25) is 14.3 Å². The van der Waals surface area contributed by atoms with Crippen LogP contribution >= 0.6 is 0 Å². The summed E-state index contributed by atoms with van der Waals surface area (Å²) in [6, 6.07) is 0. The van der Waals surface area contributed by atoms with Crippen molar-refractivity contribution in [3.8, 4) is 0 Å². The Morgan fingerprint density at radius 1 is 1.35 bits per heavy atom. The Balaban J connectivity index is 2.30. The number of carbonyl (C=O) groups is 2. The summed E-state index contributed by atoms with van der Waals surface area (Å²) in [7, 11) is 0. The van der Waals surface area contributed by atoms with Gasteiger partial charge < -0.3 is 10.0 Å². The highest BCUT2D eigenvalue weighted by Crippen LogP contribution is 2.26. The van der Waals surface area contributed by atoms with Crippen molar-refractivity contribution < 1.29 is 14.7 Å². The predicted octanol–water partition coefficient (Wildman–Crippen LogP) is 2.38. The second kappa shape index (κ2) is 6.34. The molecule has 1 aromatic heterocycles. The highest BCUT2D eigenvalue weighted by atomic mass is 16.4. The number of amides is 1. The van der Waals surface area contributed by atoms with Gasteiger partial charge >= 0.3 is 5.97 Å². The summed E-state index contributed by atoms with van der Waals surface area (Å²) in [6.45, 7) is 11.0. The molecule has 1 N–H and O–H groups in total. The number of hydrogen-bond acceptors (Lipinski definition) is 3. The average Bonchev–Trinajstić information content (AvgIpc) is 2.89. The zero-order valence-electron chi connectivity index (χ0n) is 14.7. The third-order valence-corrected chi connectivity index (χ3v) is 4.37. The van der Waals surface area contributed by atoms with Gasteiger partial charge in [0.2, 0.25) is 0 Å². The number of carbonyl (C=O) groups excluding carboxylic acids is 1. The van der Waals surface area contributed by atoms with E-state index in [0.717, 1.165) is 5.69 Å². The Morgan fingerprint density at radius 2 is 2.00 bits per heavy atom. The first-order chi connectivity index (χ1) is 10.6. The fourth-order valence-corrected chi connectivity index (χ4v) is 3.34. The molecule has 1 fully saturated rings. The molecule has 0 aromatic carbocycles. The zero-order valence-corrected chi connectivity index (χ0v) is 14.7. The van der Waals surface area contributed by atoms with Crippen molar-refractivity contribution in [1.82, 2.24) is 14.7 Å². The van der Waals surface area contributed by atoms with Crippen molar-refractivity contribution in [2.24, 2.45) is 11.8 Å². The van der Waals surface area contributed by atoms with Gasteiger partial charge in [-0.25, -0.2) is 0 Å². The second-order valence-electron chi connectivity index (χ2n) is 7.53. The number of aromatic nitrogens is 2. The van der Waals surface area contributed by atoms with Gasteiger partial charge in [0.15, 0.2) is 0 Å². The molecule has 128 valence electrons. The second-order valence-corrected chi connectivity index (χ2v) is 7.53. The molecular formula is C17H27N3O3. The lowest BCUT2D eigenvalue weighted by Crippen LogP contribution is -2.45. The van der Waals surface area contributed by atoms with Crippen LogP contribution in [-0.2, 0) is 16.8 Å². The number of carboxylic acids is 1. The van der Waals surface area contributed by atoms with Crippen LogP contribution in [0.3, 0.4) is 0 Å². The molecule has 0 spiro atoms. The van der Waals surface area contributed by atoms with Crippen molar-refractivity contribution in [1.29, 1.82) is 0 Å². The van der Waals surface area contributed by atoms with Gasteiger partial charge in [-0.1, -0.05) is 13.8 Å². The van der Waals surface area contributed by atoms with Gasteiger partial charge in [-0.2, -0.15) is 5.10 Å². The summed E-state index contributed by atoms with van der Waals surface area (Å²) in [5.74, 6) is -1.22. The molecule has 1 aliphatic rings. The van der Waals surface area contributed by atoms with Crippen LogP contribution in [0.5, 0.6) is 0 Å². The summed E-state index contributed by atoms with van der Waals surface area (Å²) in [4.78, 5) is 25.9. The molecule has 0 saturated carbocycles. The van der Waals surface area contributed by atoms with Crippen molar-refractivity contribution in [2.75, 3.05) is 13.1 Å². The van der Waals surface area contributed by atoms with E-state index in [1.54, 1.807) is 11.1 Å². The molecule has 0 radical (unpaired) electrons. The van der Waals surface area contributed by atoms with E-state index in [4.69, 9.17) is 0 Å². The number of aliphatic carboxylic acids is 1. The third kappa shape index (κ3) is 3.57. The number of nitrogens with zero attached hydrogens (tertiary/aromatic N) is 3. The van der Waals surface area contributed by atoms with Crippen molar-refractivity contribution in [3.63, 3.8) is 0 Å². The van der Waals surface area contributed by atoms with Crippen LogP contribution in [-0.4, -0.2) is 44.8 Å². The van der Waals surface area contributed by atoms with Crippen LogP contribution in [0.1, 0.15) is 57.1 Å². The normalized spacial score (nSPS) is 22.2. The number of rotatable bonds is 3. The summed E-state index contributed by atoms with van der Waals surface area (Å²) < 4.78 is 1.89. The van der Waals surface area contributed by atoms with Gasteiger partial charge in [-0.15, -0.1) is 0 Å². The highest BCUT2D eigenvalue weighted by molar-refractivity contribution is 5.95. The number of hydrogen-bond donors (Lipinski definition) is 1. The van der Waals surface area contributed by atoms with E-state index in [2.05, 4.69) is 25.9 Å². The van der Waals surface area contributed by atoms with Gasteiger partial charge in [0.05, 0.1) is 28.9 Å². The largest absolute Gasteiger partial charge is 0.481 e. The van der Waals surface area contributed by atoms with Crippen LogP contribution in [0.2, 0.25) is 0 Å². The van der Waals surface area contributed by atoms with Gasteiger partial charge in [0, 0.05) is 13.1 Å². The van der Waals surface area contributed by atoms with E-state index >= 15 is 0 Å². The Morgan fingerprint density at radius 3 is 2.52 bits per heavy atom. The van der Waals surface area contributed by atoms with Gasteiger partial charge in [0.25, 0.3) is 5.91 Å². The quantitative estimate of drug-likeness (QED) is 0.927. The van der Waals surface area contributed by atoms with E-state index in [1.807, 2.05) is 18.5 Å². The van der Waals surface area contributed by atoms with Gasteiger partial charge in [0.1, 0.15) is 0 Å². The molecular weight excluding hydrogens is 294 g/mol. The first-order valence-electron chi connectivity index (χ1n) is 8.24.